The summed E-state index contributed by atoms with van der Waals surface area (Å²) >= 11 is 0. The van der Waals surface area contributed by atoms with Crippen LogP contribution in [0.2, 0.25) is 0 Å². The molecule has 2 atom stereocenters. The molecule has 1 rings (SSSR count). The van der Waals surface area contributed by atoms with Crippen LogP contribution in [-0.2, 0) is 18.1 Å². The number of rotatable bonds is 4. The summed E-state index contributed by atoms with van der Waals surface area (Å²) in [5, 5.41) is 9.40. The van der Waals surface area contributed by atoms with Crippen molar-refractivity contribution in [2.45, 2.75) is 46.3 Å². The Morgan fingerprint density at radius 2 is 1.94 bits per heavy atom. The first kappa shape index (κ1) is 14.1. The molecule has 0 spiro atoms. The summed E-state index contributed by atoms with van der Waals surface area (Å²) < 4.78 is 27.6. The first-order valence-corrected chi connectivity index (χ1v) is 7.00. The van der Waals surface area contributed by atoms with E-state index in [0.717, 1.165) is 0 Å². The Kier molecular flexibility index (Phi) is 4.55. The summed E-state index contributed by atoms with van der Waals surface area (Å²) in [6, 6.07) is 0. The molecule has 2 unspecified atom stereocenters. The molecule has 0 amide bonds. The van der Waals surface area contributed by atoms with Gasteiger partial charge in [0.25, 0.3) is 0 Å². The Balaban J connectivity index is 2.57. The van der Waals surface area contributed by atoms with Crippen LogP contribution >= 0.6 is 7.82 Å². The summed E-state index contributed by atoms with van der Waals surface area (Å²) in [4.78, 5) is 0. The van der Waals surface area contributed by atoms with Gasteiger partial charge in [0.2, 0.25) is 0 Å². The molecule has 0 aromatic rings. The molecular weight excluding hydrogens is 231 g/mol. The lowest BCUT2D eigenvalue weighted by atomic mass is 9.97. The van der Waals surface area contributed by atoms with Gasteiger partial charge in [0, 0.05) is 5.41 Å². The second-order valence-corrected chi connectivity index (χ2v) is 6.57. The predicted molar refractivity (Wildman–Crippen MR) is 60.1 cm³/mol. The van der Waals surface area contributed by atoms with Crippen molar-refractivity contribution in [3.8, 4) is 0 Å². The van der Waals surface area contributed by atoms with Crippen molar-refractivity contribution in [1.29, 1.82) is 0 Å². The van der Waals surface area contributed by atoms with E-state index < -0.39 is 20.0 Å². The monoisotopic (exact) mass is 252 g/mol. The van der Waals surface area contributed by atoms with Gasteiger partial charge in [-0.15, -0.1) is 0 Å². The molecule has 0 bridgehead atoms. The third-order valence-corrected chi connectivity index (χ3v) is 3.85. The molecule has 0 aromatic carbocycles. The van der Waals surface area contributed by atoms with Crippen LogP contribution in [0, 0.1) is 5.41 Å². The lowest BCUT2D eigenvalue weighted by Gasteiger charge is -2.34. The molecule has 0 radical (unpaired) electrons. The van der Waals surface area contributed by atoms with Crippen LogP contribution in [0.1, 0.15) is 34.1 Å². The zero-order chi connectivity index (χ0) is 12.4. The number of phosphoric ester groups is 1. The topological polar surface area (TPSA) is 65.0 Å². The predicted octanol–water partition coefficient (Wildman–Crippen LogP) is 2.34. The molecule has 0 aliphatic carbocycles. The van der Waals surface area contributed by atoms with Gasteiger partial charge in [0.15, 0.2) is 0 Å². The fourth-order valence-corrected chi connectivity index (χ4v) is 3.19. The van der Waals surface area contributed by atoms with Crippen LogP contribution < -0.4 is 0 Å². The highest BCUT2D eigenvalue weighted by molar-refractivity contribution is 7.48. The van der Waals surface area contributed by atoms with E-state index in [-0.39, 0.29) is 5.41 Å². The molecule has 1 saturated heterocycles. The third-order valence-electron chi connectivity index (χ3n) is 2.43. The maximum Gasteiger partial charge on any atom is 0.475 e. The van der Waals surface area contributed by atoms with Crippen molar-refractivity contribution in [2.75, 3.05) is 13.2 Å². The average molecular weight is 252 g/mol. The summed E-state index contributed by atoms with van der Waals surface area (Å²) in [7, 11) is -3.48. The van der Waals surface area contributed by atoms with E-state index in [2.05, 4.69) is 0 Å². The quantitative estimate of drug-likeness (QED) is 0.778. The van der Waals surface area contributed by atoms with Crippen molar-refractivity contribution in [3.63, 3.8) is 0 Å². The van der Waals surface area contributed by atoms with Crippen LogP contribution in [0.15, 0.2) is 0 Å². The highest BCUT2D eigenvalue weighted by Gasteiger charge is 2.40. The normalized spacial score (nSPS) is 27.3. The largest absolute Gasteiger partial charge is 0.475 e. The molecule has 1 heterocycles. The Morgan fingerprint density at radius 3 is 2.31 bits per heavy atom. The van der Waals surface area contributed by atoms with E-state index in [1.165, 1.54) is 0 Å². The minimum atomic E-state index is -3.48. The minimum absolute atomic E-state index is 0.149. The van der Waals surface area contributed by atoms with E-state index in [9.17, 15) is 9.67 Å². The van der Waals surface area contributed by atoms with Crippen molar-refractivity contribution >= 4 is 7.82 Å². The number of phosphoric acid groups is 1. The van der Waals surface area contributed by atoms with Crippen LogP contribution in [-0.4, -0.2) is 30.5 Å². The van der Waals surface area contributed by atoms with Gasteiger partial charge < -0.3 is 5.11 Å². The van der Waals surface area contributed by atoms with E-state index in [4.69, 9.17) is 13.6 Å². The van der Waals surface area contributed by atoms with E-state index >= 15 is 0 Å². The molecule has 5 nitrogen and oxygen atoms in total. The molecule has 0 saturated carbocycles. The van der Waals surface area contributed by atoms with Crippen molar-refractivity contribution in [1.82, 2.24) is 0 Å². The Labute approximate surface area is 96.7 Å². The van der Waals surface area contributed by atoms with Crippen LogP contribution in [0.5, 0.6) is 0 Å². The molecule has 1 aliphatic rings. The van der Waals surface area contributed by atoms with Crippen molar-refractivity contribution in [2.24, 2.45) is 5.41 Å². The van der Waals surface area contributed by atoms with Crippen LogP contribution in [0.4, 0.5) is 0 Å². The van der Waals surface area contributed by atoms with Gasteiger partial charge in [-0.25, -0.2) is 4.57 Å². The Morgan fingerprint density at radius 1 is 1.44 bits per heavy atom. The highest BCUT2D eigenvalue weighted by Crippen LogP contribution is 2.55. The van der Waals surface area contributed by atoms with E-state index in [1.807, 2.05) is 20.8 Å². The van der Waals surface area contributed by atoms with Gasteiger partial charge in [0.05, 0.1) is 25.4 Å². The molecular formula is C10H21O5P. The summed E-state index contributed by atoms with van der Waals surface area (Å²) in [5.74, 6) is 0. The number of aliphatic hydroxyl groups excluding tert-OH is 1. The van der Waals surface area contributed by atoms with Crippen LogP contribution in [0.25, 0.3) is 0 Å². The first-order valence-electron chi connectivity index (χ1n) is 5.53. The summed E-state index contributed by atoms with van der Waals surface area (Å²) in [5.41, 5.74) is -0.149. The number of aliphatic hydroxyl groups is 1. The molecule has 1 fully saturated rings. The lowest BCUT2D eigenvalue weighted by Crippen LogP contribution is -2.32. The Bertz CT molecular complexity index is 262. The number of hydrogen-bond donors (Lipinski definition) is 1. The fourth-order valence-electron chi connectivity index (χ4n) is 1.32. The molecule has 1 aliphatic heterocycles. The second-order valence-electron chi connectivity index (χ2n) is 4.95. The van der Waals surface area contributed by atoms with Gasteiger partial charge in [-0.1, -0.05) is 20.8 Å². The summed E-state index contributed by atoms with van der Waals surface area (Å²) in [6.07, 6.45) is -0.664. The van der Waals surface area contributed by atoms with E-state index in [0.29, 0.717) is 19.6 Å². The average Bonchev–Trinajstić information content (AvgIpc) is 2.20. The standard InChI is InChI=1S/C10H21O5P/c1-5-9(8(2)11)15-16(12)13-6-10(3,4)7-14-16/h8-9,11H,5-7H2,1-4H3. The molecule has 0 aromatic heterocycles. The van der Waals surface area contributed by atoms with Gasteiger partial charge in [0.1, 0.15) is 0 Å². The molecule has 1 N–H and O–H groups in total. The first-order chi connectivity index (χ1) is 7.28. The minimum Gasteiger partial charge on any atom is -0.391 e. The summed E-state index contributed by atoms with van der Waals surface area (Å²) in [6.45, 7) is 8.03. The Hall–Kier alpha value is 0.0700. The SMILES string of the molecule is CCC(OP1(=O)OCC(C)(C)CO1)C(C)O. The van der Waals surface area contributed by atoms with Gasteiger partial charge in [-0.2, -0.15) is 0 Å². The molecule has 96 valence electrons. The highest BCUT2D eigenvalue weighted by atomic mass is 31.2. The maximum atomic E-state index is 12.0. The third kappa shape index (κ3) is 3.82. The van der Waals surface area contributed by atoms with Crippen molar-refractivity contribution in [3.05, 3.63) is 0 Å². The number of hydrogen-bond acceptors (Lipinski definition) is 5. The smallest absolute Gasteiger partial charge is 0.391 e. The zero-order valence-electron chi connectivity index (χ0n) is 10.3. The van der Waals surface area contributed by atoms with Gasteiger partial charge in [-0.3, -0.25) is 13.6 Å². The fraction of sp³-hybridized carbons (Fsp3) is 1.00. The van der Waals surface area contributed by atoms with Gasteiger partial charge in [-0.05, 0) is 13.3 Å². The van der Waals surface area contributed by atoms with Crippen LogP contribution in [0.3, 0.4) is 0 Å². The van der Waals surface area contributed by atoms with Crippen molar-refractivity contribution < 1.29 is 23.2 Å². The lowest BCUT2D eigenvalue weighted by molar-refractivity contribution is -0.0359. The second kappa shape index (κ2) is 5.15. The van der Waals surface area contributed by atoms with Gasteiger partial charge >= 0.3 is 7.82 Å². The molecule has 16 heavy (non-hydrogen) atoms. The van der Waals surface area contributed by atoms with E-state index in [1.54, 1.807) is 6.92 Å². The zero-order valence-corrected chi connectivity index (χ0v) is 11.2. The maximum absolute atomic E-state index is 12.0. The molecule has 6 heteroatoms.